The predicted molar refractivity (Wildman–Crippen MR) is 105 cm³/mol. The number of aliphatic carboxylic acids is 1. The maximum absolute atomic E-state index is 12.5. The Labute approximate surface area is 165 Å². The molecule has 0 aliphatic carbocycles. The van der Waals surface area contributed by atoms with Gasteiger partial charge < -0.3 is 9.84 Å². The highest BCUT2D eigenvalue weighted by atomic mass is 32.2. The molecular weight excluding hydrogens is 386 g/mol. The van der Waals surface area contributed by atoms with Gasteiger partial charge in [0.25, 0.3) is 0 Å². The van der Waals surface area contributed by atoms with Crippen molar-refractivity contribution in [3.63, 3.8) is 0 Å². The third kappa shape index (κ3) is 7.65. The van der Waals surface area contributed by atoms with Crippen molar-refractivity contribution in [1.29, 1.82) is 0 Å². The van der Waals surface area contributed by atoms with Gasteiger partial charge in [-0.05, 0) is 51.8 Å². The van der Waals surface area contributed by atoms with Gasteiger partial charge in [-0.15, -0.1) is 0 Å². The normalized spacial score (nSPS) is 12.7. The van der Waals surface area contributed by atoms with E-state index in [0.29, 0.717) is 11.3 Å². The first-order chi connectivity index (χ1) is 12.8. The van der Waals surface area contributed by atoms with Crippen molar-refractivity contribution in [2.75, 3.05) is 13.6 Å². The SMILES string of the molecule is C/C(=N/NC(=O)OC(C)(C)C)c1ccc(S(=O)(=O)N(C)CCCC(=O)O)cc1. The summed E-state index contributed by atoms with van der Waals surface area (Å²) in [5.74, 6) is -0.968. The zero-order valence-electron chi connectivity index (χ0n) is 16.7. The van der Waals surface area contributed by atoms with Gasteiger partial charge in [0.15, 0.2) is 0 Å². The number of carboxylic acids is 1. The molecule has 0 fully saturated rings. The third-order valence-corrected chi connectivity index (χ3v) is 5.43. The molecule has 0 saturated heterocycles. The largest absolute Gasteiger partial charge is 0.481 e. The summed E-state index contributed by atoms with van der Waals surface area (Å²) in [6.07, 6.45) is -0.557. The van der Waals surface area contributed by atoms with Crippen LogP contribution in [0.4, 0.5) is 4.79 Å². The number of nitrogens with zero attached hydrogens (tertiary/aromatic N) is 2. The molecule has 9 nitrogen and oxygen atoms in total. The topological polar surface area (TPSA) is 125 Å². The molecule has 0 atom stereocenters. The number of nitrogens with one attached hydrogen (secondary N) is 1. The number of rotatable bonds is 8. The summed E-state index contributed by atoms with van der Waals surface area (Å²) in [6.45, 7) is 6.98. The fourth-order valence-electron chi connectivity index (χ4n) is 2.12. The van der Waals surface area contributed by atoms with E-state index in [4.69, 9.17) is 9.84 Å². The minimum Gasteiger partial charge on any atom is -0.481 e. The highest BCUT2D eigenvalue weighted by molar-refractivity contribution is 7.89. The number of hydrogen-bond acceptors (Lipinski definition) is 6. The number of carbonyl (C=O) groups excluding carboxylic acids is 1. The van der Waals surface area contributed by atoms with Crippen molar-refractivity contribution in [3.8, 4) is 0 Å². The first kappa shape index (κ1) is 23.6. The van der Waals surface area contributed by atoms with Gasteiger partial charge in [-0.1, -0.05) is 12.1 Å². The van der Waals surface area contributed by atoms with E-state index in [0.717, 1.165) is 4.31 Å². The van der Waals surface area contributed by atoms with Crippen LogP contribution in [0, 0.1) is 0 Å². The molecule has 1 rings (SSSR count). The average molecular weight is 413 g/mol. The number of hydrazone groups is 1. The van der Waals surface area contributed by atoms with Crippen LogP contribution in [0.3, 0.4) is 0 Å². The Kier molecular flexibility index (Phi) is 8.13. The summed E-state index contributed by atoms with van der Waals surface area (Å²) >= 11 is 0. The van der Waals surface area contributed by atoms with Gasteiger partial charge in [0.05, 0.1) is 10.6 Å². The number of benzene rings is 1. The quantitative estimate of drug-likeness (QED) is 0.498. The Hall–Kier alpha value is -2.46. The summed E-state index contributed by atoms with van der Waals surface area (Å²) in [4.78, 5) is 22.3. The van der Waals surface area contributed by atoms with E-state index in [1.54, 1.807) is 39.8 Å². The molecule has 0 radical (unpaired) electrons. The molecule has 0 aromatic heterocycles. The molecule has 1 amide bonds. The number of carboxylic acid groups (broad SMARTS) is 1. The summed E-state index contributed by atoms with van der Waals surface area (Å²) in [6, 6.07) is 6.02. The molecule has 28 heavy (non-hydrogen) atoms. The molecule has 0 aliphatic heterocycles. The van der Waals surface area contributed by atoms with Crippen LogP contribution in [0.15, 0.2) is 34.3 Å². The van der Waals surface area contributed by atoms with Crippen LogP contribution in [-0.4, -0.2) is 54.8 Å². The minimum absolute atomic E-state index is 0.0852. The molecule has 10 heteroatoms. The van der Waals surface area contributed by atoms with Gasteiger partial charge in [-0.2, -0.15) is 5.10 Å². The van der Waals surface area contributed by atoms with Crippen molar-refractivity contribution in [3.05, 3.63) is 29.8 Å². The Balaban J connectivity index is 2.79. The zero-order valence-corrected chi connectivity index (χ0v) is 17.5. The monoisotopic (exact) mass is 413 g/mol. The molecule has 0 saturated carbocycles. The second-order valence-electron chi connectivity index (χ2n) is 7.16. The molecule has 1 aromatic carbocycles. The number of sulfonamides is 1. The van der Waals surface area contributed by atoms with E-state index in [9.17, 15) is 18.0 Å². The lowest BCUT2D eigenvalue weighted by Gasteiger charge is -2.18. The Morgan fingerprint density at radius 1 is 1.21 bits per heavy atom. The standard InChI is InChI=1S/C18H27N3O6S/c1-13(19-20-17(24)27-18(2,3)4)14-8-10-15(11-9-14)28(25,26)21(5)12-6-7-16(22)23/h8-11H,6-7,12H2,1-5H3,(H,20,24)(H,22,23)/b19-13-. The van der Waals surface area contributed by atoms with Gasteiger partial charge in [0.2, 0.25) is 10.0 Å². The van der Waals surface area contributed by atoms with E-state index in [1.165, 1.54) is 19.2 Å². The lowest BCUT2D eigenvalue weighted by atomic mass is 10.1. The van der Waals surface area contributed by atoms with E-state index < -0.39 is 27.7 Å². The van der Waals surface area contributed by atoms with Crippen LogP contribution in [0.2, 0.25) is 0 Å². The van der Waals surface area contributed by atoms with Gasteiger partial charge in [0.1, 0.15) is 5.60 Å². The highest BCUT2D eigenvalue weighted by Crippen LogP contribution is 2.16. The summed E-state index contributed by atoms with van der Waals surface area (Å²) in [5, 5.41) is 12.6. The second-order valence-corrected chi connectivity index (χ2v) is 9.20. The average Bonchev–Trinajstić information content (AvgIpc) is 2.57. The Bertz CT molecular complexity index is 826. The second kappa shape index (κ2) is 9.65. The highest BCUT2D eigenvalue weighted by Gasteiger charge is 2.21. The molecule has 0 aliphatic rings. The molecule has 0 unspecified atom stereocenters. The lowest BCUT2D eigenvalue weighted by Crippen LogP contribution is -2.30. The van der Waals surface area contributed by atoms with Gasteiger partial charge in [-0.25, -0.2) is 22.9 Å². The van der Waals surface area contributed by atoms with Crippen molar-refractivity contribution in [1.82, 2.24) is 9.73 Å². The van der Waals surface area contributed by atoms with Crippen molar-refractivity contribution >= 4 is 27.8 Å². The fourth-order valence-corrected chi connectivity index (χ4v) is 3.33. The van der Waals surface area contributed by atoms with E-state index in [-0.39, 0.29) is 24.3 Å². The smallest absolute Gasteiger partial charge is 0.428 e. The van der Waals surface area contributed by atoms with E-state index >= 15 is 0 Å². The number of hydrogen-bond donors (Lipinski definition) is 2. The number of carbonyl (C=O) groups is 2. The van der Waals surface area contributed by atoms with Crippen LogP contribution in [0.1, 0.15) is 46.1 Å². The molecule has 0 bridgehead atoms. The Morgan fingerprint density at radius 2 is 1.79 bits per heavy atom. The number of ether oxygens (including phenoxy) is 1. The maximum Gasteiger partial charge on any atom is 0.428 e. The van der Waals surface area contributed by atoms with Crippen molar-refractivity contribution in [2.45, 2.75) is 51.0 Å². The van der Waals surface area contributed by atoms with E-state index in [2.05, 4.69) is 10.5 Å². The van der Waals surface area contributed by atoms with Gasteiger partial charge in [0, 0.05) is 20.0 Å². The molecule has 0 spiro atoms. The first-order valence-corrected chi connectivity index (χ1v) is 10.1. The van der Waals surface area contributed by atoms with Crippen LogP contribution in [-0.2, 0) is 19.6 Å². The first-order valence-electron chi connectivity index (χ1n) is 8.65. The summed E-state index contributed by atoms with van der Waals surface area (Å²) < 4.78 is 31.2. The zero-order chi connectivity index (χ0) is 21.5. The van der Waals surface area contributed by atoms with Crippen LogP contribution < -0.4 is 5.43 Å². The summed E-state index contributed by atoms with van der Waals surface area (Å²) in [7, 11) is -2.31. The van der Waals surface area contributed by atoms with E-state index in [1.807, 2.05) is 0 Å². The summed E-state index contributed by atoms with van der Waals surface area (Å²) in [5.41, 5.74) is 2.75. The fraction of sp³-hybridized carbons (Fsp3) is 0.500. The molecule has 0 heterocycles. The van der Waals surface area contributed by atoms with Crippen molar-refractivity contribution < 1.29 is 27.9 Å². The lowest BCUT2D eigenvalue weighted by molar-refractivity contribution is -0.137. The van der Waals surface area contributed by atoms with Crippen LogP contribution >= 0.6 is 0 Å². The predicted octanol–water partition coefficient (Wildman–Crippen LogP) is 2.42. The molecule has 1 aromatic rings. The third-order valence-electron chi connectivity index (χ3n) is 3.56. The molecule has 156 valence electrons. The minimum atomic E-state index is -3.71. The van der Waals surface area contributed by atoms with Crippen molar-refractivity contribution in [2.24, 2.45) is 5.10 Å². The maximum atomic E-state index is 12.5. The molecule has 2 N–H and O–H groups in total. The number of amides is 1. The van der Waals surface area contributed by atoms with Crippen LogP contribution in [0.5, 0.6) is 0 Å². The Morgan fingerprint density at radius 3 is 2.29 bits per heavy atom. The molecular formula is C18H27N3O6S. The van der Waals surface area contributed by atoms with Gasteiger partial charge >= 0.3 is 12.1 Å². The van der Waals surface area contributed by atoms with Gasteiger partial charge in [-0.3, -0.25) is 4.79 Å². The van der Waals surface area contributed by atoms with Crippen LogP contribution in [0.25, 0.3) is 0 Å².